The van der Waals surface area contributed by atoms with E-state index in [2.05, 4.69) is 15.3 Å². The number of carboxylic acid groups (broad SMARTS) is 1. The molecule has 5 heteroatoms. The van der Waals surface area contributed by atoms with Crippen LogP contribution in [0.3, 0.4) is 0 Å². The van der Waals surface area contributed by atoms with E-state index in [0.29, 0.717) is 6.54 Å². The topological polar surface area (TPSA) is 78.0 Å². The fraction of sp³-hybridized carbons (Fsp3) is 0.429. The first kappa shape index (κ1) is 12.0. The van der Waals surface area contributed by atoms with Crippen LogP contribution in [-0.4, -0.2) is 27.6 Å². The number of hydrogen-bond donors (Lipinski definition) is 3. The normalized spacial score (nSPS) is 17.1. The van der Waals surface area contributed by atoms with E-state index < -0.39 is 11.4 Å². The van der Waals surface area contributed by atoms with Crippen LogP contribution >= 0.6 is 0 Å². The van der Waals surface area contributed by atoms with Gasteiger partial charge in [-0.2, -0.15) is 0 Å². The molecular weight excluding hydrogens is 242 g/mol. The summed E-state index contributed by atoms with van der Waals surface area (Å²) < 4.78 is 0. The van der Waals surface area contributed by atoms with Crippen molar-refractivity contribution < 1.29 is 9.90 Å². The standard InChI is InChI=1S/C14H17N3O2/c1-9-16-11-4-3-10(7-12(11)17-9)15-8-14(13(18)19)5-2-6-14/h3-4,7,15H,2,5-6,8H2,1H3,(H,16,17)(H,18,19). The minimum Gasteiger partial charge on any atom is -0.481 e. The lowest BCUT2D eigenvalue weighted by atomic mass is 9.69. The Morgan fingerprint density at radius 1 is 1.53 bits per heavy atom. The van der Waals surface area contributed by atoms with Crippen molar-refractivity contribution in [1.82, 2.24) is 9.97 Å². The molecule has 3 rings (SSSR count). The third-order valence-corrected chi connectivity index (χ3v) is 4.00. The molecule has 0 saturated heterocycles. The first-order chi connectivity index (χ1) is 9.09. The van der Waals surface area contributed by atoms with Crippen LogP contribution in [0.1, 0.15) is 25.1 Å². The Morgan fingerprint density at radius 2 is 2.32 bits per heavy atom. The highest BCUT2D eigenvalue weighted by Gasteiger charge is 2.44. The molecule has 0 aliphatic heterocycles. The quantitative estimate of drug-likeness (QED) is 0.788. The summed E-state index contributed by atoms with van der Waals surface area (Å²) in [6.07, 6.45) is 2.54. The summed E-state index contributed by atoms with van der Waals surface area (Å²) in [4.78, 5) is 18.8. The van der Waals surface area contributed by atoms with Crippen molar-refractivity contribution in [3.63, 3.8) is 0 Å². The Morgan fingerprint density at radius 3 is 2.95 bits per heavy atom. The van der Waals surface area contributed by atoms with E-state index in [0.717, 1.165) is 41.8 Å². The van der Waals surface area contributed by atoms with E-state index in [-0.39, 0.29) is 0 Å². The van der Waals surface area contributed by atoms with E-state index in [4.69, 9.17) is 0 Å². The molecule has 0 atom stereocenters. The number of imidazole rings is 1. The van der Waals surface area contributed by atoms with Crippen LogP contribution in [0.2, 0.25) is 0 Å². The largest absolute Gasteiger partial charge is 0.481 e. The molecule has 0 spiro atoms. The van der Waals surface area contributed by atoms with Crippen LogP contribution in [-0.2, 0) is 4.79 Å². The Bertz CT molecular complexity index is 629. The summed E-state index contributed by atoms with van der Waals surface area (Å²) in [6.45, 7) is 2.40. The molecule has 1 aliphatic rings. The van der Waals surface area contributed by atoms with E-state index in [1.807, 2.05) is 25.1 Å². The molecule has 19 heavy (non-hydrogen) atoms. The van der Waals surface area contributed by atoms with Gasteiger partial charge in [-0.15, -0.1) is 0 Å². The third-order valence-electron chi connectivity index (χ3n) is 4.00. The number of benzene rings is 1. The highest BCUT2D eigenvalue weighted by molar-refractivity contribution is 5.80. The average Bonchev–Trinajstić information content (AvgIpc) is 2.66. The lowest BCUT2D eigenvalue weighted by Gasteiger charge is -2.37. The van der Waals surface area contributed by atoms with Gasteiger partial charge < -0.3 is 15.4 Å². The molecule has 1 fully saturated rings. The van der Waals surface area contributed by atoms with Crippen LogP contribution in [0, 0.1) is 12.3 Å². The van der Waals surface area contributed by atoms with Gasteiger partial charge in [-0.1, -0.05) is 6.42 Å². The number of aliphatic carboxylic acids is 1. The molecule has 2 aromatic rings. The Kier molecular flexibility index (Phi) is 2.69. The second-order valence-corrected chi connectivity index (χ2v) is 5.35. The Balaban J connectivity index is 1.76. The molecule has 0 amide bonds. The van der Waals surface area contributed by atoms with Crippen molar-refractivity contribution in [2.45, 2.75) is 26.2 Å². The maximum Gasteiger partial charge on any atom is 0.311 e. The minimum atomic E-state index is -0.690. The smallest absolute Gasteiger partial charge is 0.311 e. The van der Waals surface area contributed by atoms with Gasteiger partial charge in [0.2, 0.25) is 0 Å². The Hall–Kier alpha value is -2.04. The summed E-state index contributed by atoms with van der Waals surface area (Å²) in [7, 11) is 0. The van der Waals surface area contributed by atoms with Crippen molar-refractivity contribution in [3.05, 3.63) is 24.0 Å². The summed E-state index contributed by atoms with van der Waals surface area (Å²) in [6, 6.07) is 5.86. The SMILES string of the molecule is Cc1nc2ccc(NCC3(C(=O)O)CCC3)cc2[nH]1. The number of aryl methyl sites for hydroxylation is 1. The highest BCUT2D eigenvalue weighted by atomic mass is 16.4. The number of H-pyrrole nitrogens is 1. The summed E-state index contributed by atoms with van der Waals surface area (Å²) in [5.41, 5.74) is 2.27. The molecule has 1 saturated carbocycles. The van der Waals surface area contributed by atoms with Gasteiger partial charge in [-0.05, 0) is 38.0 Å². The van der Waals surface area contributed by atoms with E-state index >= 15 is 0 Å². The number of anilines is 1. The van der Waals surface area contributed by atoms with Crippen LogP contribution in [0.5, 0.6) is 0 Å². The lowest BCUT2D eigenvalue weighted by Crippen LogP contribution is -2.43. The molecule has 0 unspecified atom stereocenters. The fourth-order valence-corrected chi connectivity index (χ4v) is 2.59. The van der Waals surface area contributed by atoms with Crippen LogP contribution in [0.4, 0.5) is 5.69 Å². The van der Waals surface area contributed by atoms with Gasteiger partial charge in [-0.25, -0.2) is 4.98 Å². The second-order valence-electron chi connectivity index (χ2n) is 5.35. The van der Waals surface area contributed by atoms with Gasteiger partial charge >= 0.3 is 5.97 Å². The maximum absolute atomic E-state index is 11.3. The number of hydrogen-bond acceptors (Lipinski definition) is 3. The molecule has 1 aromatic carbocycles. The molecule has 0 radical (unpaired) electrons. The van der Waals surface area contributed by atoms with Crippen LogP contribution < -0.4 is 5.32 Å². The van der Waals surface area contributed by atoms with E-state index in [9.17, 15) is 9.90 Å². The van der Waals surface area contributed by atoms with Gasteiger partial charge in [0.05, 0.1) is 16.4 Å². The molecule has 0 bridgehead atoms. The third kappa shape index (κ3) is 2.05. The maximum atomic E-state index is 11.3. The first-order valence-corrected chi connectivity index (χ1v) is 6.53. The second kappa shape index (κ2) is 4.26. The lowest BCUT2D eigenvalue weighted by molar-refractivity contribution is -0.153. The van der Waals surface area contributed by atoms with Crippen molar-refractivity contribution in [1.29, 1.82) is 0 Å². The number of carbonyl (C=O) groups is 1. The van der Waals surface area contributed by atoms with Gasteiger partial charge in [0, 0.05) is 12.2 Å². The van der Waals surface area contributed by atoms with Crippen LogP contribution in [0.15, 0.2) is 18.2 Å². The Labute approximate surface area is 111 Å². The molecule has 1 aromatic heterocycles. The summed E-state index contributed by atoms with van der Waals surface area (Å²) in [5, 5.41) is 12.5. The first-order valence-electron chi connectivity index (χ1n) is 6.53. The number of aromatic nitrogens is 2. The van der Waals surface area contributed by atoms with Crippen LogP contribution in [0.25, 0.3) is 11.0 Å². The fourth-order valence-electron chi connectivity index (χ4n) is 2.59. The highest BCUT2D eigenvalue weighted by Crippen LogP contribution is 2.41. The predicted molar refractivity (Wildman–Crippen MR) is 73.2 cm³/mol. The minimum absolute atomic E-state index is 0.487. The summed E-state index contributed by atoms with van der Waals surface area (Å²) in [5.74, 6) is 0.192. The number of aromatic amines is 1. The molecule has 100 valence electrons. The van der Waals surface area contributed by atoms with Gasteiger partial charge in [0.15, 0.2) is 0 Å². The average molecular weight is 259 g/mol. The number of rotatable bonds is 4. The molecule has 1 heterocycles. The molecule has 5 nitrogen and oxygen atoms in total. The van der Waals surface area contributed by atoms with Crippen molar-refractivity contribution in [2.24, 2.45) is 5.41 Å². The van der Waals surface area contributed by atoms with Crippen molar-refractivity contribution >= 4 is 22.7 Å². The zero-order valence-electron chi connectivity index (χ0n) is 10.9. The monoisotopic (exact) mass is 259 g/mol. The van der Waals surface area contributed by atoms with Gasteiger partial charge in [0.1, 0.15) is 5.82 Å². The predicted octanol–water partition coefficient (Wildman–Crippen LogP) is 2.54. The van der Waals surface area contributed by atoms with Crippen molar-refractivity contribution in [3.8, 4) is 0 Å². The zero-order valence-corrected chi connectivity index (χ0v) is 10.9. The molecular formula is C14H17N3O2. The number of nitrogens with one attached hydrogen (secondary N) is 2. The molecule has 3 N–H and O–H groups in total. The number of nitrogens with zero attached hydrogens (tertiary/aromatic N) is 1. The molecule has 1 aliphatic carbocycles. The van der Waals surface area contributed by atoms with E-state index in [1.165, 1.54) is 0 Å². The number of fused-ring (bicyclic) bond motifs is 1. The van der Waals surface area contributed by atoms with Crippen molar-refractivity contribution in [2.75, 3.05) is 11.9 Å². The van der Waals surface area contributed by atoms with Gasteiger partial charge in [0.25, 0.3) is 0 Å². The van der Waals surface area contributed by atoms with Gasteiger partial charge in [-0.3, -0.25) is 4.79 Å². The summed E-state index contributed by atoms with van der Waals surface area (Å²) >= 11 is 0. The van der Waals surface area contributed by atoms with E-state index in [1.54, 1.807) is 0 Å². The number of carboxylic acids is 1. The zero-order chi connectivity index (χ0) is 13.5.